The largest absolute Gasteiger partial charge is 0.393 e. The average molecular weight is 297 g/mol. The van der Waals surface area contributed by atoms with E-state index < -0.39 is 11.6 Å². The summed E-state index contributed by atoms with van der Waals surface area (Å²) >= 11 is 0. The molecule has 2 N–H and O–H groups in total. The Labute approximate surface area is 123 Å². The molecule has 2 aliphatic rings. The highest BCUT2D eigenvalue weighted by molar-refractivity contribution is 5.52. The van der Waals surface area contributed by atoms with Gasteiger partial charge in [0.2, 0.25) is 0 Å². The maximum Gasteiger partial charge on any atom is 0.168 e. The lowest BCUT2D eigenvalue weighted by Gasteiger charge is -2.38. The van der Waals surface area contributed by atoms with Crippen LogP contribution in [-0.4, -0.2) is 34.8 Å². The molecule has 2 saturated heterocycles. The Kier molecular flexibility index (Phi) is 3.97. The van der Waals surface area contributed by atoms with Crippen molar-refractivity contribution >= 4 is 11.6 Å². The van der Waals surface area contributed by atoms with Gasteiger partial charge in [0.25, 0.3) is 0 Å². The summed E-state index contributed by atoms with van der Waals surface area (Å²) in [5.41, 5.74) is 0. The van der Waals surface area contributed by atoms with E-state index in [1.807, 2.05) is 11.8 Å². The lowest BCUT2D eigenvalue weighted by atomic mass is 10.00. The number of rotatable bonds is 4. The molecule has 21 heavy (non-hydrogen) atoms. The van der Waals surface area contributed by atoms with Crippen LogP contribution in [-0.2, 0) is 0 Å². The third-order valence-electron chi connectivity index (χ3n) is 4.41. The van der Waals surface area contributed by atoms with Crippen LogP contribution in [0.5, 0.6) is 0 Å². The fourth-order valence-electron chi connectivity index (χ4n) is 3.50. The minimum Gasteiger partial charge on any atom is -0.393 e. The Morgan fingerprint density at radius 3 is 2.57 bits per heavy atom. The molecular weight excluding hydrogens is 276 g/mol. The molecule has 1 aromatic rings. The number of nitrogens with one attached hydrogen (secondary N) is 1. The summed E-state index contributed by atoms with van der Waals surface area (Å²) in [6.07, 6.45) is 3.64. The Morgan fingerprint density at radius 2 is 1.95 bits per heavy atom. The zero-order valence-electron chi connectivity index (χ0n) is 12.1. The normalized spacial score (nSPS) is 28.0. The molecule has 2 unspecified atom stereocenters. The van der Waals surface area contributed by atoms with Gasteiger partial charge >= 0.3 is 0 Å². The highest BCUT2D eigenvalue weighted by atomic mass is 19.1. The number of halogens is 2. The number of fused-ring (bicyclic) bond motifs is 2. The van der Waals surface area contributed by atoms with Crippen molar-refractivity contribution in [2.24, 2.45) is 0 Å². The van der Waals surface area contributed by atoms with E-state index >= 15 is 0 Å². The van der Waals surface area contributed by atoms with Crippen LogP contribution in [0.25, 0.3) is 0 Å². The molecule has 6 heteroatoms. The second-order valence-corrected chi connectivity index (χ2v) is 5.97. The van der Waals surface area contributed by atoms with Gasteiger partial charge in [-0.05, 0) is 32.1 Å². The molecule has 0 aromatic carbocycles. The van der Waals surface area contributed by atoms with Crippen LogP contribution in [0.2, 0.25) is 0 Å². The van der Waals surface area contributed by atoms with Gasteiger partial charge in [0, 0.05) is 24.7 Å². The molecule has 0 aliphatic carbocycles. The third-order valence-corrected chi connectivity index (χ3v) is 4.41. The molecule has 0 amide bonds. The number of aliphatic hydroxyl groups excluding tert-OH is 1. The Bertz CT molecular complexity index is 512. The predicted molar refractivity (Wildman–Crippen MR) is 77.5 cm³/mol. The number of aliphatic hydroxyl groups is 1. The Balaban J connectivity index is 1.91. The number of hydrogen-bond donors (Lipinski definition) is 2. The number of nitrogens with zero attached hydrogens (tertiary/aromatic N) is 2. The summed E-state index contributed by atoms with van der Waals surface area (Å²) in [5.74, 6) is -0.954. The monoisotopic (exact) mass is 297 g/mol. The van der Waals surface area contributed by atoms with E-state index in [4.69, 9.17) is 0 Å². The van der Waals surface area contributed by atoms with E-state index in [9.17, 15) is 13.9 Å². The molecule has 2 aliphatic heterocycles. The van der Waals surface area contributed by atoms with Crippen molar-refractivity contribution in [2.75, 3.05) is 16.8 Å². The van der Waals surface area contributed by atoms with E-state index in [1.54, 1.807) is 0 Å². The summed E-state index contributed by atoms with van der Waals surface area (Å²) in [4.78, 5) is 6.13. The Hall–Kier alpha value is -1.43. The van der Waals surface area contributed by atoms with Crippen molar-refractivity contribution in [1.82, 2.24) is 4.98 Å². The third kappa shape index (κ3) is 2.69. The molecule has 4 nitrogen and oxygen atoms in total. The standard InChI is InChI=1S/C15H21F2N3O/c1-2-5-18-14-12(16)8-13(17)15(19-14)20-9-3-4-10(20)7-11(21)6-9/h8-11,21H,2-7H2,1H3,(H,18,19). The minimum atomic E-state index is -0.658. The van der Waals surface area contributed by atoms with Gasteiger partial charge in [0.1, 0.15) is 0 Å². The zero-order chi connectivity index (χ0) is 15.0. The molecule has 0 saturated carbocycles. The summed E-state index contributed by atoms with van der Waals surface area (Å²) in [5, 5.41) is 12.7. The van der Waals surface area contributed by atoms with Crippen LogP contribution in [0, 0.1) is 11.6 Å². The molecule has 0 radical (unpaired) electrons. The molecule has 2 fully saturated rings. The van der Waals surface area contributed by atoms with Gasteiger partial charge in [-0.3, -0.25) is 0 Å². The van der Waals surface area contributed by atoms with Gasteiger partial charge in [-0.25, -0.2) is 13.8 Å². The molecule has 2 atom stereocenters. The minimum absolute atomic E-state index is 0.102. The number of hydrogen-bond acceptors (Lipinski definition) is 4. The number of pyridine rings is 1. The first-order chi connectivity index (χ1) is 10.1. The highest BCUT2D eigenvalue weighted by Gasteiger charge is 2.42. The van der Waals surface area contributed by atoms with Crippen molar-refractivity contribution < 1.29 is 13.9 Å². The number of piperidine rings is 1. The topological polar surface area (TPSA) is 48.4 Å². The SMILES string of the molecule is CCCNc1nc(N2C3CCC2CC(O)C3)c(F)cc1F. The van der Waals surface area contributed by atoms with Gasteiger partial charge in [0.15, 0.2) is 23.3 Å². The van der Waals surface area contributed by atoms with Crippen molar-refractivity contribution in [2.45, 2.75) is 57.2 Å². The first-order valence-electron chi connectivity index (χ1n) is 7.66. The van der Waals surface area contributed by atoms with Crippen LogP contribution in [0.4, 0.5) is 20.4 Å². The van der Waals surface area contributed by atoms with Crippen LogP contribution in [0.3, 0.4) is 0 Å². The molecule has 1 aromatic heterocycles. The van der Waals surface area contributed by atoms with Gasteiger partial charge in [-0.15, -0.1) is 0 Å². The van der Waals surface area contributed by atoms with Gasteiger partial charge in [-0.1, -0.05) is 6.92 Å². The summed E-state index contributed by atoms with van der Waals surface area (Å²) in [6.45, 7) is 2.57. The Morgan fingerprint density at radius 1 is 1.29 bits per heavy atom. The first-order valence-corrected chi connectivity index (χ1v) is 7.66. The van der Waals surface area contributed by atoms with Gasteiger partial charge in [0.05, 0.1) is 6.10 Å². The molecule has 0 spiro atoms. The van der Waals surface area contributed by atoms with Crippen LogP contribution < -0.4 is 10.2 Å². The molecule has 3 rings (SSSR count). The number of aromatic nitrogens is 1. The second-order valence-electron chi connectivity index (χ2n) is 5.97. The maximum atomic E-state index is 14.2. The van der Waals surface area contributed by atoms with Crippen LogP contribution in [0.15, 0.2) is 6.07 Å². The quantitative estimate of drug-likeness (QED) is 0.897. The fraction of sp³-hybridized carbons (Fsp3) is 0.667. The smallest absolute Gasteiger partial charge is 0.168 e. The molecule has 116 valence electrons. The fourth-order valence-corrected chi connectivity index (χ4v) is 3.50. The van der Waals surface area contributed by atoms with Gasteiger partial charge < -0.3 is 15.3 Å². The van der Waals surface area contributed by atoms with Crippen molar-refractivity contribution in [3.05, 3.63) is 17.7 Å². The van der Waals surface area contributed by atoms with E-state index in [1.165, 1.54) is 0 Å². The zero-order valence-corrected chi connectivity index (χ0v) is 12.1. The van der Waals surface area contributed by atoms with Gasteiger partial charge in [-0.2, -0.15) is 0 Å². The van der Waals surface area contributed by atoms with Crippen LogP contribution in [0.1, 0.15) is 39.0 Å². The summed E-state index contributed by atoms with van der Waals surface area (Å²) in [7, 11) is 0. The first kappa shape index (κ1) is 14.5. The molecule has 2 bridgehead atoms. The number of anilines is 2. The van der Waals surface area contributed by atoms with Crippen molar-refractivity contribution in [1.29, 1.82) is 0 Å². The van der Waals surface area contributed by atoms with Crippen molar-refractivity contribution in [3.63, 3.8) is 0 Å². The lowest BCUT2D eigenvalue weighted by molar-refractivity contribution is 0.125. The second kappa shape index (κ2) is 5.75. The molecule has 3 heterocycles. The lowest BCUT2D eigenvalue weighted by Crippen LogP contribution is -2.45. The van der Waals surface area contributed by atoms with Crippen LogP contribution >= 0.6 is 0 Å². The molecular formula is C15H21F2N3O. The van der Waals surface area contributed by atoms with E-state index in [-0.39, 0.29) is 29.8 Å². The summed E-state index contributed by atoms with van der Waals surface area (Å²) in [6, 6.07) is 1.11. The predicted octanol–water partition coefficient (Wildman–Crippen LogP) is 2.67. The summed E-state index contributed by atoms with van der Waals surface area (Å²) < 4.78 is 27.9. The highest BCUT2D eigenvalue weighted by Crippen LogP contribution is 2.40. The van der Waals surface area contributed by atoms with Crippen molar-refractivity contribution in [3.8, 4) is 0 Å². The van der Waals surface area contributed by atoms with E-state index in [0.717, 1.165) is 25.3 Å². The van der Waals surface area contributed by atoms with E-state index in [2.05, 4.69) is 10.3 Å². The maximum absolute atomic E-state index is 14.2. The van der Waals surface area contributed by atoms with E-state index in [0.29, 0.717) is 19.4 Å². The average Bonchev–Trinajstić information content (AvgIpc) is 2.70.